The topological polar surface area (TPSA) is 73.6 Å². The molecule has 152 valence electrons. The predicted molar refractivity (Wildman–Crippen MR) is 117 cm³/mol. The number of hydrogen-bond donors (Lipinski definition) is 0. The Bertz CT molecular complexity index is 1290. The fourth-order valence-corrected chi connectivity index (χ4v) is 4.15. The van der Waals surface area contributed by atoms with Crippen molar-refractivity contribution in [3.8, 4) is 10.6 Å². The average Bonchev–Trinajstić information content (AvgIpc) is 3.14. The molecule has 3 aromatic heterocycles. The van der Waals surface area contributed by atoms with Crippen LogP contribution in [0.25, 0.3) is 16.2 Å². The normalized spacial score (nSPS) is 11.0. The number of nitrogens with zero attached hydrogens (tertiary/aromatic N) is 3. The number of carbonyl (C=O) groups excluding carboxylic acids is 1. The van der Waals surface area contributed by atoms with E-state index in [1.54, 1.807) is 19.2 Å². The highest BCUT2D eigenvalue weighted by Crippen LogP contribution is 2.29. The molecule has 0 radical (unpaired) electrons. The lowest BCUT2D eigenvalue weighted by atomic mass is 10.1. The first-order valence-electron chi connectivity index (χ1n) is 9.68. The highest BCUT2D eigenvalue weighted by atomic mass is 32.1. The summed E-state index contributed by atoms with van der Waals surface area (Å²) < 4.78 is 6.92. The third kappa shape index (κ3) is 3.89. The van der Waals surface area contributed by atoms with Gasteiger partial charge in [0, 0.05) is 17.8 Å². The average molecular weight is 420 g/mol. The molecule has 1 aromatic carbocycles. The molecular formula is C23H21N3O3S. The van der Waals surface area contributed by atoms with Crippen molar-refractivity contribution in [3.05, 3.63) is 86.4 Å². The Hall–Kier alpha value is -3.32. The van der Waals surface area contributed by atoms with Crippen LogP contribution in [0.2, 0.25) is 0 Å². The van der Waals surface area contributed by atoms with E-state index in [9.17, 15) is 9.59 Å². The molecule has 0 atom stereocenters. The molecule has 0 aliphatic rings. The molecule has 0 amide bonds. The standard InChI is InChI=1S/C23H21N3O3S/c1-4-16-7-9-17(10-8-16)22-24-15(3)20(30-22)23(28)29-13-18-12-19(27)26-11-5-6-14(2)21(26)25-18/h5-12H,4,13H2,1-3H3. The molecule has 6 nitrogen and oxygen atoms in total. The molecule has 0 saturated heterocycles. The van der Waals surface area contributed by atoms with Crippen molar-refractivity contribution in [2.45, 2.75) is 33.8 Å². The maximum atomic E-state index is 12.6. The lowest BCUT2D eigenvalue weighted by Gasteiger charge is -2.07. The molecule has 0 N–H and O–H groups in total. The lowest BCUT2D eigenvalue weighted by molar-refractivity contribution is 0.0472. The number of aromatic nitrogens is 3. The second kappa shape index (κ2) is 8.20. The van der Waals surface area contributed by atoms with Gasteiger partial charge in [0.15, 0.2) is 0 Å². The SMILES string of the molecule is CCc1ccc(-c2nc(C)c(C(=O)OCc3cc(=O)n4cccc(C)c4n3)s2)cc1. The Labute approximate surface area is 177 Å². The van der Waals surface area contributed by atoms with Crippen LogP contribution in [-0.2, 0) is 17.8 Å². The minimum absolute atomic E-state index is 0.0726. The van der Waals surface area contributed by atoms with Crippen LogP contribution in [0.1, 0.15) is 39.1 Å². The minimum atomic E-state index is -0.465. The number of fused-ring (bicyclic) bond motifs is 1. The summed E-state index contributed by atoms with van der Waals surface area (Å²) in [6.45, 7) is 5.71. The van der Waals surface area contributed by atoms with Gasteiger partial charge < -0.3 is 4.74 Å². The summed E-state index contributed by atoms with van der Waals surface area (Å²) in [6, 6.07) is 13.2. The van der Waals surface area contributed by atoms with Gasteiger partial charge >= 0.3 is 5.97 Å². The first kappa shape index (κ1) is 20.0. The van der Waals surface area contributed by atoms with E-state index in [4.69, 9.17) is 4.74 Å². The third-order valence-corrected chi connectivity index (χ3v) is 6.07. The Balaban J connectivity index is 1.53. The van der Waals surface area contributed by atoms with Crippen molar-refractivity contribution in [1.29, 1.82) is 0 Å². The summed E-state index contributed by atoms with van der Waals surface area (Å²) in [5.74, 6) is -0.465. The predicted octanol–water partition coefficient (Wildman–Crippen LogP) is 4.35. The summed E-state index contributed by atoms with van der Waals surface area (Å²) in [6.07, 6.45) is 2.64. The first-order chi connectivity index (χ1) is 14.5. The monoisotopic (exact) mass is 419 g/mol. The van der Waals surface area contributed by atoms with Crippen LogP contribution in [0.4, 0.5) is 0 Å². The highest BCUT2D eigenvalue weighted by Gasteiger charge is 2.18. The van der Waals surface area contributed by atoms with Crippen LogP contribution in [0.3, 0.4) is 0 Å². The van der Waals surface area contributed by atoms with Gasteiger partial charge in [-0.3, -0.25) is 9.20 Å². The fourth-order valence-electron chi connectivity index (χ4n) is 3.18. The van der Waals surface area contributed by atoms with Crippen molar-refractivity contribution in [1.82, 2.24) is 14.4 Å². The Morgan fingerprint density at radius 2 is 1.90 bits per heavy atom. The van der Waals surface area contributed by atoms with E-state index < -0.39 is 5.97 Å². The maximum Gasteiger partial charge on any atom is 0.350 e. The van der Waals surface area contributed by atoms with Gasteiger partial charge in [-0.15, -0.1) is 11.3 Å². The molecule has 7 heteroatoms. The molecule has 0 bridgehead atoms. The van der Waals surface area contributed by atoms with E-state index in [2.05, 4.69) is 29.0 Å². The number of aryl methyl sites for hydroxylation is 3. The van der Waals surface area contributed by atoms with Gasteiger partial charge in [0.2, 0.25) is 0 Å². The van der Waals surface area contributed by atoms with E-state index in [0.29, 0.717) is 21.9 Å². The van der Waals surface area contributed by atoms with Crippen LogP contribution in [0.15, 0.2) is 53.5 Å². The second-order valence-electron chi connectivity index (χ2n) is 7.03. The van der Waals surface area contributed by atoms with Gasteiger partial charge in [0.1, 0.15) is 22.1 Å². The molecule has 3 heterocycles. The summed E-state index contributed by atoms with van der Waals surface area (Å²) in [4.78, 5) is 34.4. The van der Waals surface area contributed by atoms with Gasteiger partial charge in [-0.05, 0) is 37.5 Å². The molecule has 0 spiro atoms. The molecule has 0 aliphatic carbocycles. The molecule has 0 saturated carbocycles. The summed E-state index contributed by atoms with van der Waals surface area (Å²) in [7, 11) is 0. The zero-order valence-electron chi connectivity index (χ0n) is 17.0. The van der Waals surface area contributed by atoms with Crippen LogP contribution >= 0.6 is 11.3 Å². The Kier molecular flexibility index (Phi) is 5.46. The van der Waals surface area contributed by atoms with Gasteiger partial charge in [-0.2, -0.15) is 0 Å². The largest absolute Gasteiger partial charge is 0.455 e. The quantitative estimate of drug-likeness (QED) is 0.450. The third-order valence-electron chi connectivity index (χ3n) is 4.88. The minimum Gasteiger partial charge on any atom is -0.455 e. The molecule has 0 aliphatic heterocycles. The summed E-state index contributed by atoms with van der Waals surface area (Å²) in [5.41, 5.74) is 4.49. The first-order valence-corrected chi connectivity index (χ1v) is 10.5. The number of rotatable bonds is 5. The highest BCUT2D eigenvalue weighted by molar-refractivity contribution is 7.17. The van der Waals surface area contributed by atoms with Crippen LogP contribution in [0, 0.1) is 13.8 Å². The van der Waals surface area contributed by atoms with E-state index in [0.717, 1.165) is 22.6 Å². The fraction of sp³-hybridized carbons (Fsp3) is 0.217. The summed E-state index contributed by atoms with van der Waals surface area (Å²) >= 11 is 1.31. The van der Waals surface area contributed by atoms with Crippen LogP contribution in [-0.4, -0.2) is 20.3 Å². The zero-order chi connectivity index (χ0) is 21.3. The van der Waals surface area contributed by atoms with Gasteiger partial charge in [-0.1, -0.05) is 37.3 Å². The second-order valence-corrected chi connectivity index (χ2v) is 8.03. The van der Waals surface area contributed by atoms with Gasteiger partial charge in [0.05, 0.1) is 11.4 Å². The molecule has 0 fully saturated rings. The number of pyridine rings is 1. The smallest absolute Gasteiger partial charge is 0.350 e. The van der Waals surface area contributed by atoms with Crippen LogP contribution < -0.4 is 5.56 Å². The molecule has 4 aromatic rings. The molecule has 0 unspecified atom stereocenters. The number of hydrogen-bond acceptors (Lipinski definition) is 6. The zero-order valence-corrected chi connectivity index (χ0v) is 17.8. The van der Waals surface area contributed by atoms with Crippen molar-refractivity contribution < 1.29 is 9.53 Å². The van der Waals surface area contributed by atoms with E-state index in [-0.39, 0.29) is 12.2 Å². The number of ether oxygens (including phenoxy) is 1. The van der Waals surface area contributed by atoms with Crippen LogP contribution in [0.5, 0.6) is 0 Å². The van der Waals surface area contributed by atoms with E-state index >= 15 is 0 Å². The van der Waals surface area contributed by atoms with Crippen molar-refractivity contribution in [3.63, 3.8) is 0 Å². The molecular weight excluding hydrogens is 398 g/mol. The number of benzene rings is 1. The molecule has 4 rings (SSSR count). The van der Waals surface area contributed by atoms with Crippen molar-refractivity contribution >= 4 is 23.0 Å². The van der Waals surface area contributed by atoms with Gasteiger partial charge in [-0.25, -0.2) is 14.8 Å². The Morgan fingerprint density at radius 1 is 1.13 bits per heavy atom. The Morgan fingerprint density at radius 3 is 2.63 bits per heavy atom. The maximum absolute atomic E-state index is 12.6. The number of thiazole rings is 1. The lowest BCUT2D eigenvalue weighted by Crippen LogP contribution is -2.17. The molecule has 30 heavy (non-hydrogen) atoms. The number of esters is 1. The van der Waals surface area contributed by atoms with Crippen molar-refractivity contribution in [2.24, 2.45) is 0 Å². The van der Waals surface area contributed by atoms with E-state index in [1.165, 1.54) is 27.4 Å². The van der Waals surface area contributed by atoms with Crippen molar-refractivity contribution in [2.75, 3.05) is 0 Å². The van der Waals surface area contributed by atoms with E-state index in [1.807, 2.05) is 25.1 Å². The summed E-state index contributed by atoms with van der Waals surface area (Å²) in [5, 5.41) is 0.778. The number of carbonyl (C=O) groups is 1. The van der Waals surface area contributed by atoms with Gasteiger partial charge in [0.25, 0.3) is 5.56 Å².